The van der Waals surface area contributed by atoms with Crippen LogP contribution in [0.2, 0.25) is 0 Å². The molecule has 0 aliphatic rings. The molecule has 0 aromatic heterocycles. The first-order valence-electron chi connectivity index (χ1n) is 7.04. The summed E-state index contributed by atoms with van der Waals surface area (Å²) in [6.45, 7) is 7.55. The van der Waals surface area contributed by atoms with Crippen LogP contribution in [-0.2, 0) is 11.2 Å². The summed E-state index contributed by atoms with van der Waals surface area (Å²) in [6, 6.07) is 11.0. The highest BCUT2D eigenvalue weighted by Gasteiger charge is 2.35. The van der Waals surface area contributed by atoms with Crippen molar-refractivity contribution in [3.05, 3.63) is 35.9 Å². The van der Waals surface area contributed by atoms with Crippen molar-refractivity contribution in [3.63, 3.8) is 0 Å². The van der Waals surface area contributed by atoms with Gasteiger partial charge in [0.25, 0.3) is 0 Å². The molecule has 0 aliphatic carbocycles. The molecule has 1 rings (SSSR count). The molecule has 1 aromatic carbocycles. The maximum atomic E-state index is 5.86. The van der Waals surface area contributed by atoms with Gasteiger partial charge in [-0.15, -0.1) is 0 Å². The van der Waals surface area contributed by atoms with E-state index < -0.39 is 0 Å². The molecule has 1 aromatic rings. The molecule has 0 amide bonds. The average molecular weight is 249 g/mol. The second-order valence-electron chi connectivity index (χ2n) is 4.78. The fraction of sp³-hybridized carbons (Fsp3) is 0.625. The van der Waals surface area contributed by atoms with Crippen LogP contribution in [0.1, 0.15) is 39.2 Å². The van der Waals surface area contributed by atoms with E-state index >= 15 is 0 Å². The van der Waals surface area contributed by atoms with Gasteiger partial charge in [0, 0.05) is 13.2 Å². The summed E-state index contributed by atoms with van der Waals surface area (Å²) in [5.41, 5.74) is 1.30. The van der Waals surface area contributed by atoms with Crippen LogP contribution in [0.4, 0.5) is 0 Å². The lowest BCUT2D eigenvalue weighted by atomic mass is 9.84. The molecule has 102 valence electrons. The number of hydrogen-bond acceptors (Lipinski definition) is 2. The van der Waals surface area contributed by atoms with Crippen LogP contribution in [0.25, 0.3) is 0 Å². The lowest BCUT2D eigenvalue weighted by molar-refractivity contribution is -0.0468. The van der Waals surface area contributed by atoms with Crippen molar-refractivity contribution in [1.29, 1.82) is 0 Å². The molecule has 2 nitrogen and oxygen atoms in total. The minimum Gasteiger partial charge on any atom is -0.377 e. The third-order valence-electron chi connectivity index (χ3n) is 3.97. The number of likely N-dealkylation sites (N-methyl/N-ethyl adjacent to an activating group) is 1. The number of rotatable bonds is 8. The number of nitrogens with one attached hydrogen (secondary N) is 1. The third-order valence-corrected chi connectivity index (χ3v) is 3.97. The second kappa shape index (κ2) is 7.55. The molecule has 0 bridgehead atoms. The highest BCUT2D eigenvalue weighted by Crippen LogP contribution is 2.26. The summed E-state index contributed by atoms with van der Waals surface area (Å²) >= 11 is 0. The Morgan fingerprint density at radius 1 is 1.11 bits per heavy atom. The molecule has 0 heterocycles. The predicted molar refractivity (Wildman–Crippen MR) is 77.9 cm³/mol. The molecule has 0 saturated heterocycles. The molecule has 1 unspecified atom stereocenters. The largest absolute Gasteiger partial charge is 0.377 e. The van der Waals surface area contributed by atoms with E-state index in [9.17, 15) is 0 Å². The van der Waals surface area contributed by atoms with Crippen LogP contribution in [0.3, 0.4) is 0 Å². The van der Waals surface area contributed by atoms with Gasteiger partial charge in [0.2, 0.25) is 0 Å². The standard InChI is InChI=1S/C16H27NO/c1-5-16(6-2,18-4)15(17-7-3)13-14-11-9-8-10-12-14/h8-12,15,17H,5-7,13H2,1-4H3. The lowest BCUT2D eigenvalue weighted by Crippen LogP contribution is -2.52. The minimum absolute atomic E-state index is 0.0636. The number of benzene rings is 1. The quantitative estimate of drug-likeness (QED) is 0.762. The van der Waals surface area contributed by atoms with Crippen LogP contribution in [-0.4, -0.2) is 25.3 Å². The van der Waals surface area contributed by atoms with Gasteiger partial charge < -0.3 is 10.1 Å². The Morgan fingerprint density at radius 3 is 2.17 bits per heavy atom. The van der Waals surface area contributed by atoms with Crippen LogP contribution in [0.15, 0.2) is 30.3 Å². The third kappa shape index (κ3) is 3.56. The Balaban J connectivity index is 2.87. The van der Waals surface area contributed by atoms with Gasteiger partial charge in [0.15, 0.2) is 0 Å². The molecular weight excluding hydrogens is 222 g/mol. The summed E-state index contributed by atoms with van der Waals surface area (Å²) in [5.74, 6) is 0. The van der Waals surface area contributed by atoms with Crippen molar-refractivity contribution in [2.24, 2.45) is 0 Å². The first kappa shape index (κ1) is 15.2. The Hall–Kier alpha value is -0.860. The average Bonchev–Trinajstić information content (AvgIpc) is 2.43. The highest BCUT2D eigenvalue weighted by atomic mass is 16.5. The molecule has 1 N–H and O–H groups in total. The Morgan fingerprint density at radius 2 is 1.72 bits per heavy atom. The maximum absolute atomic E-state index is 5.86. The van der Waals surface area contributed by atoms with Gasteiger partial charge >= 0.3 is 0 Å². The maximum Gasteiger partial charge on any atom is 0.0828 e. The van der Waals surface area contributed by atoms with Crippen molar-refractivity contribution in [2.45, 2.75) is 51.7 Å². The van der Waals surface area contributed by atoms with E-state index in [1.807, 2.05) is 7.11 Å². The van der Waals surface area contributed by atoms with E-state index in [-0.39, 0.29) is 5.60 Å². The molecule has 1 atom stereocenters. The van der Waals surface area contributed by atoms with Gasteiger partial charge in [0.05, 0.1) is 5.60 Å². The molecule has 0 fully saturated rings. The summed E-state index contributed by atoms with van der Waals surface area (Å²) < 4.78 is 5.86. The zero-order chi connectivity index (χ0) is 13.4. The summed E-state index contributed by atoms with van der Waals surface area (Å²) in [7, 11) is 1.84. The summed E-state index contributed by atoms with van der Waals surface area (Å²) in [4.78, 5) is 0. The van der Waals surface area contributed by atoms with Crippen LogP contribution < -0.4 is 5.32 Å². The van der Waals surface area contributed by atoms with Gasteiger partial charge in [0.1, 0.15) is 0 Å². The van der Waals surface area contributed by atoms with Crippen molar-refractivity contribution in [2.75, 3.05) is 13.7 Å². The number of hydrogen-bond donors (Lipinski definition) is 1. The van der Waals surface area contributed by atoms with Crippen LogP contribution in [0.5, 0.6) is 0 Å². The molecule has 0 aliphatic heterocycles. The fourth-order valence-corrected chi connectivity index (χ4v) is 2.71. The molecule has 0 saturated carbocycles. The van der Waals surface area contributed by atoms with E-state index in [2.05, 4.69) is 56.4 Å². The molecular formula is C16H27NO. The number of ether oxygens (including phenoxy) is 1. The Bertz CT molecular complexity index is 311. The van der Waals surface area contributed by atoms with Crippen LogP contribution >= 0.6 is 0 Å². The van der Waals surface area contributed by atoms with E-state index in [1.165, 1.54) is 5.56 Å². The van der Waals surface area contributed by atoms with Gasteiger partial charge in [-0.1, -0.05) is 51.1 Å². The lowest BCUT2D eigenvalue weighted by Gasteiger charge is -2.39. The zero-order valence-electron chi connectivity index (χ0n) is 12.2. The molecule has 0 radical (unpaired) electrons. The van der Waals surface area contributed by atoms with E-state index in [1.54, 1.807) is 0 Å². The van der Waals surface area contributed by atoms with Gasteiger partial charge in [-0.05, 0) is 31.4 Å². The van der Waals surface area contributed by atoms with Crippen molar-refractivity contribution < 1.29 is 4.74 Å². The first-order valence-corrected chi connectivity index (χ1v) is 7.04. The summed E-state index contributed by atoms with van der Waals surface area (Å²) in [6.07, 6.45) is 3.08. The second-order valence-corrected chi connectivity index (χ2v) is 4.78. The SMILES string of the molecule is CCNC(Cc1ccccc1)C(CC)(CC)OC. The van der Waals surface area contributed by atoms with E-state index in [0.29, 0.717) is 6.04 Å². The van der Waals surface area contributed by atoms with Gasteiger partial charge in [-0.3, -0.25) is 0 Å². The highest BCUT2D eigenvalue weighted by molar-refractivity contribution is 5.17. The zero-order valence-corrected chi connectivity index (χ0v) is 12.2. The number of methoxy groups -OCH3 is 1. The van der Waals surface area contributed by atoms with E-state index in [4.69, 9.17) is 4.74 Å². The van der Waals surface area contributed by atoms with Gasteiger partial charge in [-0.25, -0.2) is 0 Å². The first-order chi connectivity index (χ1) is 8.72. The summed E-state index contributed by atoms with van der Waals surface area (Å²) in [5, 5.41) is 3.60. The Kier molecular flexibility index (Phi) is 6.37. The predicted octanol–water partition coefficient (Wildman–Crippen LogP) is 3.41. The van der Waals surface area contributed by atoms with E-state index in [0.717, 1.165) is 25.8 Å². The normalized spacial score (nSPS) is 13.6. The molecule has 2 heteroatoms. The van der Waals surface area contributed by atoms with Crippen molar-refractivity contribution in [3.8, 4) is 0 Å². The Labute approximate surface area is 112 Å². The van der Waals surface area contributed by atoms with Gasteiger partial charge in [-0.2, -0.15) is 0 Å². The van der Waals surface area contributed by atoms with Crippen LogP contribution in [0, 0.1) is 0 Å². The van der Waals surface area contributed by atoms with Crippen molar-refractivity contribution in [1.82, 2.24) is 5.32 Å². The van der Waals surface area contributed by atoms with Crippen molar-refractivity contribution >= 4 is 0 Å². The minimum atomic E-state index is -0.0636. The molecule has 18 heavy (non-hydrogen) atoms. The smallest absolute Gasteiger partial charge is 0.0828 e. The monoisotopic (exact) mass is 249 g/mol. The topological polar surface area (TPSA) is 21.3 Å². The molecule has 0 spiro atoms. The fourth-order valence-electron chi connectivity index (χ4n) is 2.71.